The second-order valence-corrected chi connectivity index (χ2v) is 7.31. The van der Waals surface area contributed by atoms with Crippen LogP contribution in [0.5, 0.6) is 0 Å². The Kier molecular flexibility index (Phi) is 4.10. The van der Waals surface area contributed by atoms with Crippen LogP contribution in [0.4, 0.5) is 5.13 Å². The minimum Gasteiger partial charge on any atom is -0.318 e. The molecule has 1 unspecified atom stereocenters. The number of aryl methyl sites for hydroxylation is 1. The van der Waals surface area contributed by atoms with Gasteiger partial charge in [0, 0.05) is 5.75 Å². The topological polar surface area (TPSA) is 75.2 Å². The van der Waals surface area contributed by atoms with Gasteiger partial charge in [-0.2, -0.15) is 0 Å². The zero-order chi connectivity index (χ0) is 14.0. The third-order valence-electron chi connectivity index (χ3n) is 2.97. The molecular formula is C11H16N4O2S2. The van der Waals surface area contributed by atoms with E-state index in [1.807, 2.05) is 20.8 Å². The van der Waals surface area contributed by atoms with E-state index in [9.17, 15) is 9.59 Å². The van der Waals surface area contributed by atoms with Crippen LogP contribution in [-0.4, -0.2) is 44.1 Å². The number of thioether (sulfide) groups is 1. The van der Waals surface area contributed by atoms with Crippen molar-refractivity contribution in [2.75, 3.05) is 11.1 Å². The maximum atomic E-state index is 12.2. The summed E-state index contributed by atoms with van der Waals surface area (Å²) in [4.78, 5) is 24.5. The molecule has 2 rings (SSSR count). The maximum absolute atomic E-state index is 12.2. The molecule has 1 N–H and O–H groups in total. The van der Waals surface area contributed by atoms with E-state index in [0.29, 0.717) is 10.9 Å². The number of amides is 2. The molecule has 1 aromatic heterocycles. The average Bonchev–Trinajstić information content (AvgIpc) is 2.92. The highest BCUT2D eigenvalue weighted by atomic mass is 32.2. The molecule has 1 aliphatic heterocycles. The van der Waals surface area contributed by atoms with Crippen molar-refractivity contribution in [1.82, 2.24) is 15.1 Å². The molecule has 0 aliphatic carbocycles. The fourth-order valence-electron chi connectivity index (χ4n) is 1.85. The van der Waals surface area contributed by atoms with Gasteiger partial charge in [0.2, 0.25) is 17.4 Å². The predicted octanol–water partition coefficient (Wildman–Crippen LogP) is 1.35. The van der Waals surface area contributed by atoms with Gasteiger partial charge in [0.25, 0.3) is 0 Å². The van der Waals surface area contributed by atoms with Crippen molar-refractivity contribution in [2.24, 2.45) is 0 Å². The number of rotatable bonds is 4. The van der Waals surface area contributed by atoms with Gasteiger partial charge < -0.3 is 4.90 Å². The van der Waals surface area contributed by atoms with Gasteiger partial charge in [-0.1, -0.05) is 18.3 Å². The zero-order valence-electron chi connectivity index (χ0n) is 11.0. The van der Waals surface area contributed by atoms with Crippen molar-refractivity contribution >= 4 is 40.5 Å². The fourth-order valence-corrected chi connectivity index (χ4v) is 3.73. The summed E-state index contributed by atoms with van der Waals surface area (Å²) in [5.74, 6) is 0.390. The summed E-state index contributed by atoms with van der Waals surface area (Å²) in [6.07, 6.45) is 1.53. The number of nitrogens with zero attached hydrogens (tertiary/aromatic N) is 3. The lowest BCUT2D eigenvalue weighted by Gasteiger charge is -2.29. The second-order valence-electron chi connectivity index (χ2n) is 4.63. The first kappa shape index (κ1) is 14.3. The maximum Gasteiger partial charge on any atom is 0.249 e. The van der Waals surface area contributed by atoms with Crippen molar-refractivity contribution in [3.63, 3.8) is 0 Å². The Morgan fingerprint density at radius 1 is 1.58 bits per heavy atom. The Morgan fingerprint density at radius 3 is 2.89 bits per heavy atom. The summed E-state index contributed by atoms with van der Waals surface area (Å²) in [6.45, 7) is 5.84. The molecule has 2 heterocycles. The number of carbonyl (C=O) groups is 2. The molecule has 0 bridgehead atoms. The summed E-state index contributed by atoms with van der Waals surface area (Å²) in [5, 5.41) is 12.0. The molecular weight excluding hydrogens is 284 g/mol. The van der Waals surface area contributed by atoms with E-state index >= 15 is 0 Å². The molecule has 8 heteroatoms. The van der Waals surface area contributed by atoms with Crippen molar-refractivity contribution in [3.05, 3.63) is 5.01 Å². The third kappa shape index (κ3) is 2.89. The molecule has 104 valence electrons. The molecule has 1 saturated heterocycles. The van der Waals surface area contributed by atoms with Crippen LogP contribution in [0.3, 0.4) is 0 Å². The van der Waals surface area contributed by atoms with Crippen LogP contribution < -0.4 is 5.32 Å². The highest BCUT2D eigenvalue weighted by molar-refractivity contribution is 8.00. The average molecular weight is 300 g/mol. The molecule has 1 aromatic rings. The van der Waals surface area contributed by atoms with E-state index in [0.717, 1.165) is 17.8 Å². The van der Waals surface area contributed by atoms with Gasteiger partial charge in [0.1, 0.15) is 11.0 Å². The predicted molar refractivity (Wildman–Crippen MR) is 76.1 cm³/mol. The van der Waals surface area contributed by atoms with Gasteiger partial charge in [0.05, 0.1) is 4.87 Å². The first-order valence-corrected chi connectivity index (χ1v) is 7.79. The Bertz CT molecular complexity index is 489. The minimum atomic E-state index is -0.452. The summed E-state index contributed by atoms with van der Waals surface area (Å²) in [6, 6.07) is -0.452. The highest BCUT2D eigenvalue weighted by Gasteiger charge is 2.43. The largest absolute Gasteiger partial charge is 0.318 e. The molecule has 0 radical (unpaired) electrons. The summed E-state index contributed by atoms with van der Waals surface area (Å²) in [5.41, 5.74) is 0. The fraction of sp³-hybridized carbons (Fsp3) is 0.636. The van der Waals surface area contributed by atoms with Gasteiger partial charge in [-0.3, -0.25) is 14.9 Å². The molecule has 1 atom stereocenters. The zero-order valence-corrected chi connectivity index (χ0v) is 12.7. The van der Waals surface area contributed by atoms with Crippen molar-refractivity contribution in [1.29, 1.82) is 0 Å². The van der Waals surface area contributed by atoms with Crippen LogP contribution in [0, 0.1) is 0 Å². The first-order valence-electron chi connectivity index (χ1n) is 5.99. The molecule has 1 aliphatic rings. The van der Waals surface area contributed by atoms with Crippen LogP contribution >= 0.6 is 23.1 Å². The minimum absolute atomic E-state index is 0.205. The van der Waals surface area contributed by atoms with Crippen LogP contribution in [0.15, 0.2) is 0 Å². The van der Waals surface area contributed by atoms with Crippen molar-refractivity contribution in [2.45, 2.75) is 38.1 Å². The Balaban J connectivity index is 2.06. The molecule has 1 fully saturated rings. The van der Waals surface area contributed by atoms with Gasteiger partial charge >= 0.3 is 0 Å². The second kappa shape index (κ2) is 5.46. The third-order valence-corrected chi connectivity index (χ3v) is 5.35. The first-order chi connectivity index (χ1) is 8.97. The number of nitrogens with one attached hydrogen (secondary N) is 1. The number of aromatic nitrogens is 2. The van der Waals surface area contributed by atoms with Gasteiger partial charge in [-0.25, -0.2) is 0 Å². The number of carbonyl (C=O) groups excluding carboxylic acids is 2. The molecule has 0 saturated carbocycles. The van der Waals surface area contributed by atoms with Crippen molar-refractivity contribution < 1.29 is 9.59 Å². The van der Waals surface area contributed by atoms with E-state index in [1.54, 1.807) is 16.7 Å². The summed E-state index contributed by atoms with van der Waals surface area (Å²) < 4.78 is 0. The van der Waals surface area contributed by atoms with E-state index in [4.69, 9.17) is 0 Å². The lowest BCUT2D eigenvalue weighted by Crippen LogP contribution is -2.47. The van der Waals surface area contributed by atoms with E-state index in [2.05, 4.69) is 15.5 Å². The lowest BCUT2D eigenvalue weighted by molar-refractivity contribution is -0.130. The molecule has 0 aromatic carbocycles. The summed E-state index contributed by atoms with van der Waals surface area (Å²) in [7, 11) is 0. The van der Waals surface area contributed by atoms with Crippen LogP contribution in [0.1, 0.15) is 25.8 Å². The van der Waals surface area contributed by atoms with Gasteiger partial charge in [-0.05, 0) is 20.3 Å². The van der Waals surface area contributed by atoms with Crippen molar-refractivity contribution in [3.8, 4) is 0 Å². The molecule has 2 amide bonds. The smallest absolute Gasteiger partial charge is 0.249 e. The van der Waals surface area contributed by atoms with Crippen LogP contribution in [0.25, 0.3) is 0 Å². The lowest BCUT2D eigenvalue weighted by atomic mass is 10.2. The molecule has 19 heavy (non-hydrogen) atoms. The highest BCUT2D eigenvalue weighted by Crippen LogP contribution is 2.37. The van der Waals surface area contributed by atoms with Gasteiger partial charge in [0.15, 0.2) is 0 Å². The quantitative estimate of drug-likeness (QED) is 0.850. The molecule has 0 spiro atoms. The van der Waals surface area contributed by atoms with E-state index < -0.39 is 6.04 Å². The number of hydrogen-bond acceptors (Lipinski definition) is 6. The normalized spacial score (nSPS) is 21.4. The van der Waals surface area contributed by atoms with E-state index in [-0.39, 0.29) is 10.8 Å². The monoisotopic (exact) mass is 300 g/mol. The Labute approximate surface area is 120 Å². The van der Waals surface area contributed by atoms with Crippen LogP contribution in [-0.2, 0) is 16.0 Å². The van der Waals surface area contributed by atoms with Gasteiger partial charge in [-0.15, -0.1) is 22.0 Å². The summed E-state index contributed by atoms with van der Waals surface area (Å²) >= 11 is 2.95. The Hall–Kier alpha value is -1.15. The standard InChI is InChI=1S/C11H16N4O2S2/c1-4-8-13-14-10(19-8)12-9(17)7-5-18-11(2,3)15(7)6-16/h6-7H,4-5H2,1-3H3,(H,12,14,17). The SMILES string of the molecule is CCc1nnc(NC(=O)C2CSC(C)(C)N2C=O)s1. The van der Waals surface area contributed by atoms with Crippen LogP contribution in [0.2, 0.25) is 0 Å². The number of hydrogen-bond donors (Lipinski definition) is 1. The van der Waals surface area contributed by atoms with E-state index in [1.165, 1.54) is 11.3 Å². The Morgan fingerprint density at radius 2 is 2.32 bits per heavy atom. The number of anilines is 1. The molecule has 6 nitrogen and oxygen atoms in total.